The fraction of sp³-hybridized carbons (Fsp3) is 0.278. The first-order chi connectivity index (χ1) is 10.2. The first-order valence-electron chi connectivity index (χ1n) is 7.40. The van der Waals surface area contributed by atoms with Crippen LogP contribution in [0, 0.1) is 0 Å². The molecule has 1 aliphatic rings. The van der Waals surface area contributed by atoms with Crippen LogP contribution in [0.3, 0.4) is 0 Å². The van der Waals surface area contributed by atoms with E-state index in [1.807, 2.05) is 59.5 Å². The van der Waals surface area contributed by atoms with E-state index in [4.69, 9.17) is 5.73 Å². The summed E-state index contributed by atoms with van der Waals surface area (Å²) in [6, 6.07) is 18.1. The predicted octanol–water partition coefficient (Wildman–Crippen LogP) is 3.00. The van der Waals surface area contributed by atoms with E-state index in [0.29, 0.717) is 19.0 Å². The Balaban J connectivity index is 1.69. The lowest BCUT2D eigenvalue weighted by Crippen LogP contribution is -2.33. The third-order valence-electron chi connectivity index (χ3n) is 3.84. The number of amides is 1. The van der Waals surface area contributed by atoms with Crippen LogP contribution in [0.2, 0.25) is 0 Å². The number of nitrogens with two attached hydrogens (primary N) is 1. The molecule has 3 rings (SSSR count). The molecule has 0 saturated heterocycles. The van der Waals surface area contributed by atoms with Crippen molar-refractivity contribution in [1.82, 2.24) is 4.90 Å². The topological polar surface area (TPSA) is 46.3 Å². The van der Waals surface area contributed by atoms with Gasteiger partial charge in [0.1, 0.15) is 0 Å². The van der Waals surface area contributed by atoms with Gasteiger partial charge in [0.2, 0.25) is 5.91 Å². The maximum absolute atomic E-state index is 12.6. The van der Waals surface area contributed by atoms with Gasteiger partial charge in [-0.15, -0.1) is 0 Å². The summed E-state index contributed by atoms with van der Waals surface area (Å²) < 4.78 is 0. The molecule has 0 aromatic heterocycles. The SMILES string of the molecule is Nc1ccc(CN(C(=O)Cc2ccccc2)C2CC2)cc1. The molecule has 0 bridgehead atoms. The number of benzene rings is 2. The molecule has 0 heterocycles. The Bertz CT molecular complexity index is 603. The highest BCUT2D eigenvalue weighted by Gasteiger charge is 2.32. The number of rotatable bonds is 5. The van der Waals surface area contributed by atoms with Crippen molar-refractivity contribution in [2.75, 3.05) is 5.73 Å². The summed E-state index contributed by atoms with van der Waals surface area (Å²) in [6.07, 6.45) is 2.72. The second kappa shape index (κ2) is 6.00. The van der Waals surface area contributed by atoms with E-state index in [2.05, 4.69) is 0 Å². The zero-order valence-electron chi connectivity index (χ0n) is 12.0. The van der Waals surface area contributed by atoms with Gasteiger partial charge in [0, 0.05) is 18.3 Å². The number of carbonyl (C=O) groups is 1. The van der Waals surface area contributed by atoms with Gasteiger partial charge in [-0.25, -0.2) is 0 Å². The van der Waals surface area contributed by atoms with Gasteiger partial charge in [0.05, 0.1) is 6.42 Å². The molecule has 1 fully saturated rings. The second-order valence-electron chi connectivity index (χ2n) is 5.66. The molecule has 0 atom stereocenters. The van der Waals surface area contributed by atoms with E-state index in [0.717, 1.165) is 29.7 Å². The van der Waals surface area contributed by atoms with Crippen molar-refractivity contribution >= 4 is 11.6 Å². The molecule has 108 valence electrons. The number of hydrogen-bond donors (Lipinski definition) is 1. The molecular weight excluding hydrogens is 260 g/mol. The summed E-state index contributed by atoms with van der Waals surface area (Å²) in [5.74, 6) is 0.209. The highest BCUT2D eigenvalue weighted by Crippen LogP contribution is 2.29. The number of anilines is 1. The van der Waals surface area contributed by atoms with Gasteiger partial charge in [-0.2, -0.15) is 0 Å². The molecule has 3 nitrogen and oxygen atoms in total. The van der Waals surface area contributed by atoms with Crippen LogP contribution in [0.15, 0.2) is 54.6 Å². The molecule has 0 aliphatic heterocycles. The van der Waals surface area contributed by atoms with E-state index in [-0.39, 0.29) is 5.91 Å². The van der Waals surface area contributed by atoms with Crippen LogP contribution in [0.4, 0.5) is 5.69 Å². The molecule has 3 heteroatoms. The lowest BCUT2D eigenvalue weighted by molar-refractivity contribution is -0.131. The van der Waals surface area contributed by atoms with Crippen LogP contribution in [0.1, 0.15) is 24.0 Å². The van der Waals surface area contributed by atoms with Crippen molar-refractivity contribution < 1.29 is 4.79 Å². The third-order valence-corrected chi connectivity index (χ3v) is 3.84. The molecule has 2 aromatic carbocycles. The Morgan fingerprint density at radius 3 is 2.29 bits per heavy atom. The third kappa shape index (κ3) is 3.63. The van der Waals surface area contributed by atoms with Crippen molar-refractivity contribution in [2.24, 2.45) is 0 Å². The van der Waals surface area contributed by atoms with Crippen LogP contribution in [-0.2, 0) is 17.8 Å². The minimum absolute atomic E-state index is 0.209. The monoisotopic (exact) mass is 280 g/mol. The van der Waals surface area contributed by atoms with Crippen molar-refractivity contribution in [2.45, 2.75) is 31.8 Å². The van der Waals surface area contributed by atoms with E-state index >= 15 is 0 Å². The summed E-state index contributed by atoms with van der Waals surface area (Å²) >= 11 is 0. The van der Waals surface area contributed by atoms with Gasteiger partial charge in [-0.1, -0.05) is 42.5 Å². The molecular formula is C18H20N2O. The fourth-order valence-electron chi connectivity index (χ4n) is 2.50. The Morgan fingerprint density at radius 2 is 1.67 bits per heavy atom. The quantitative estimate of drug-likeness (QED) is 0.856. The first kappa shape index (κ1) is 13.7. The van der Waals surface area contributed by atoms with Gasteiger partial charge in [0.25, 0.3) is 0 Å². The van der Waals surface area contributed by atoms with E-state index in [1.54, 1.807) is 0 Å². The molecule has 21 heavy (non-hydrogen) atoms. The second-order valence-corrected chi connectivity index (χ2v) is 5.66. The zero-order chi connectivity index (χ0) is 14.7. The summed E-state index contributed by atoms with van der Waals surface area (Å²) in [4.78, 5) is 14.6. The minimum Gasteiger partial charge on any atom is -0.399 e. The van der Waals surface area contributed by atoms with E-state index in [1.165, 1.54) is 0 Å². The summed E-state index contributed by atoms with van der Waals surface area (Å²) in [5.41, 5.74) is 8.68. The van der Waals surface area contributed by atoms with Gasteiger partial charge < -0.3 is 10.6 Å². The predicted molar refractivity (Wildman–Crippen MR) is 84.6 cm³/mol. The van der Waals surface area contributed by atoms with Crippen LogP contribution in [-0.4, -0.2) is 16.8 Å². The Kier molecular flexibility index (Phi) is 3.91. The highest BCUT2D eigenvalue weighted by molar-refractivity contribution is 5.79. The zero-order valence-corrected chi connectivity index (χ0v) is 12.0. The van der Waals surface area contributed by atoms with Crippen molar-refractivity contribution in [1.29, 1.82) is 0 Å². The average Bonchev–Trinajstić information content (AvgIpc) is 3.32. The molecule has 1 saturated carbocycles. The lowest BCUT2D eigenvalue weighted by Gasteiger charge is -2.23. The smallest absolute Gasteiger partial charge is 0.227 e. The van der Waals surface area contributed by atoms with Crippen molar-refractivity contribution in [3.05, 3.63) is 65.7 Å². The molecule has 0 unspecified atom stereocenters. The molecule has 0 radical (unpaired) electrons. The Labute approximate surface area is 125 Å². The highest BCUT2D eigenvalue weighted by atomic mass is 16.2. The molecule has 0 spiro atoms. The van der Waals surface area contributed by atoms with Crippen molar-refractivity contribution in [3.63, 3.8) is 0 Å². The molecule has 2 N–H and O–H groups in total. The van der Waals surface area contributed by atoms with Gasteiger partial charge in [-0.05, 0) is 36.1 Å². The van der Waals surface area contributed by atoms with Crippen LogP contribution in [0.5, 0.6) is 0 Å². The number of nitrogen functional groups attached to an aromatic ring is 1. The standard InChI is InChI=1S/C18H20N2O/c19-16-8-6-15(7-9-16)13-20(17-10-11-17)18(21)12-14-4-2-1-3-5-14/h1-9,17H,10-13,19H2. The molecule has 1 aliphatic carbocycles. The van der Waals surface area contributed by atoms with Crippen LogP contribution in [0.25, 0.3) is 0 Å². The summed E-state index contributed by atoms with van der Waals surface area (Å²) in [6.45, 7) is 0.677. The number of carbonyl (C=O) groups excluding carboxylic acids is 1. The van der Waals surface area contributed by atoms with Gasteiger partial charge in [0.15, 0.2) is 0 Å². The Hall–Kier alpha value is -2.29. The Morgan fingerprint density at radius 1 is 1.00 bits per heavy atom. The first-order valence-corrected chi connectivity index (χ1v) is 7.40. The summed E-state index contributed by atoms with van der Waals surface area (Å²) in [7, 11) is 0. The van der Waals surface area contributed by atoms with Crippen LogP contribution < -0.4 is 5.73 Å². The normalized spacial score (nSPS) is 13.9. The number of hydrogen-bond acceptors (Lipinski definition) is 2. The summed E-state index contributed by atoms with van der Waals surface area (Å²) in [5, 5.41) is 0. The average molecular weight is 280 g/mol. The maximum Gasteiger partial charge on any atom is 0.227 e. The lowest BCUT2D eigenvalue weighted by atomic mass is 10.1. The van der Waals surface area contributed by atoms with Gasteiger partial charge in [-0.3, -0.25) is 4.79 Å². The van der Waals surface area contributed by atoms with Crippen molar-refractivity contribution in [3.8, 4) is 0 Å². The van der Waals surface area contributed by atoms with Gasteiger partial charge >= 0.3 is 0 Å². The molecule has 1 amide bonds. The van der Waals surface area contributed by atoms with Crippen LogP contribution >= 0.6 is 0 Å². The fourth-order valence-corrected chi connectivity index (χ4v) is 2.50. The van der Waals surface area contributed by atoms with E-state index < -0.39 is 0 Å². The molecule has 2 aromatic rings. The number of nitrogens with zero attached hydrogens (tertiary/aromatic N) is 1. The minimum atomic E-state index is 0.209. The van der Waals surface area contributed by atoms with E-state index in [9.17, 15) is 4.79 Å². The largest absolute Gasteiger partial charge is 0.399 e. The maximum atomic E-state index is 12.6.